The number of hydrogen-bond acceptors (Lipinski definition) is 5. The molecule has 1 fully saturated rings. The van der Waals surface area contributed by atoms with E-state index < -0.39 is 0 Å². The van der Waals surface area contributed by atoms with E-state index in [1.807, 2.05) is 19.2 Å². The maximum atomic E-state index is 12.6. The number of nitrogens with zero attached hydrogens (tertiary/aromatic N) is 4. The van der Waals surface area contributed by atoms with Crippen molar-refractivity contribution in [1.82, 2.24) is 24.6 Å². The molecule has 3 rings (SSSR count). The molecule has 0 spiro atoms. The summed E-state index contributed by atoms with van der Waals surface area (Å²) in [6.07, 6.45) is 2.21. The highest BCUT2D eigenvalue weighted by Crippen LogP contribution is 2.22. The van der Waals surface area contributed by atoms with Crippen LogP contribution in [-0.4, -0.2) is 50.3 Å². The number of amides is 1. The van der Waals surface area contributed by atoms with Gasteiger partial charge in [0.05, 0.1) is 30.6 Å². The fourth-order valence-electron chi connectivity index (χ4n) is 2.86. The number of nitrogens with one attached hydrogen (secondary N) is 1. The maximum Gasteiger partial charge on any atom is 0.251 e. The van der Waals surface area contributed by atoms with Gasteiger partial charge in [-0.3, -0.25) is 14.3 Å². The Labute approximate surface area is 139 Å². The Hall–Kier alpha value is -2.48. The highest BCUT2D eigenvalue weighted by molar-refractivity contribution is 5.76. The van der Waals surface area contributed by atoms with Crippen LogP contribution < -0.4 is 5.56 Å². The molecule has 0 aromatic carbocycles. The third-order valence-corrected chi connectivity index (χ3v) is 4.00. The molecule has 0 unspecified atom stereocenters. The number of H-pyrrole nitrogens is 1. The van der Waals surface area contributed by atoms with E-state index in [-0.39, 0.29) is 17.5 Å². The molecule has 128 valence electrons. The van der Waals surface area contributed by atoms with Crippen LogP contribution in [0.5, 0.6) is 0 Å². The minimum Gasteiger partial charge on any atom is -0.377 e. The summed E-state index contributed by atoms with van der Waals surface area (Å²) in [6.45, 7) is 5.50. The summed E-state index contributed by atoms with van der Waals surface area (Å²) in [5.41, 5.74) is 1.27. The molecule has 2 aromatic heterocycles. The maximum absolute atomic E-state index is 12.6. The summed E-state index contributed by atoms with van der Waals surface area (Å²) in [7, 11) is 0. The van der Waals surface area contributed by atoms with Crippen molar-refractivity contribution in [3.63, 3.8) is 0 Å². The van der Waals surface area contributed by atoms with Gasteiger partial charge in [0.25, 0.3) is 5.56 Å². The molecule has 8 nitrogen and oxygen atoms in total. The third kappa shape index (κ3) is 3.70. The number of ether oxygens (including phenoxy) is 1. The van der Waals surface area contributed by atoms with Crippen LogP contribution in [0.3, 0.4) is 0 Å². The molecule has 3 heterocycles. The Morgan fingerprint density at radius 1 is 1.46 bits per heavy atom. The molecule has 8 heteroatoms. The predicted octanol–water partition coefficient (Wildman–Crippen LogP) is 0.573. The van der Waals surface area contributed by atoms with Gasteiger partial charge in [0, 0.05) is 31.8 Å². The zero-order chi connectivity index (χ0) is 17.1. The second-order valence-corrected chi connectivity index (χ2v) is 5.90. The molecule has 24 heavy (non-hydrogen) atoms. The number of aromatic amines is 1. The van der Waals surface area contributed by atoms with Crippen LogP contribution in [0.15, 0.2) is 23.1 Å². The molecule has 0 radical (unpaired) electrons. The molecule has 0 aliphatic carbocycles. The van der Waals surface area contributed by atoms with Gasteiger partial charge in [-0.15, -0.1) is 0 Å². The van der Waals surface area contributed by atoms with Gasteiger partial charge in [-0.1, -0.05) is 0 Å². The number of carbonyl (C=O) groups is 1. The van der Waals surface area contributed by atoms with Crippen LogP contribution in [0.25, 0.3) is 0 Å². The first-order chi connectivity index (χ1) is 11.5. The molecule has 1 saturated heterocycles. The Balaban J connectivity index is 1.73. The SMILES string of the molecule is Cc1ccn(CCC(=O)N2CCOC[C@@H]2c2cc(=O)[nH]c(C)n2)n1. The van der Waals surface area contributed by atoms with Crippen LogP contribution in [-0.2, 0) is 16.1 Å². The fourth-order valence-corrected chi connectivity index (χ4v) is 2.86. The van der Waals surface area contributed by atoms with Gasteiger partial charge in [-0.2, -0.15) is 5.10 Å². The van der Waals surface area contributed by atoms with Crippen molar-refractivity contribution < 1.29 is 9.53 Å². The van der Waals surface area contributed by atoms with Gasteiger partial charge in [-0.05, 0) is 19.9 Å². The number of aryl methyl sites for hydroxylation is 3. The number of carbonyl (C=O) groups excluding carboxylic acids is 1. The van der Waals surface area contributed by atoms with Crippen molar-refractivity contribution >= 4 is 5.91 Å². The van der Waals surface area contributed by atoms with E-state index in [4.69, 9.17) is 4.74 Å². The average molecular weight is 331 g/mol. The zero-order valence-corrected chi connectivity index (χ0v) is 13.9. The molecule has 1 amide bonds. The van der Waals surface area contributed by atoms with Crippen LogP contribution in [0.4, 0.5) is 0 Å². The summed E-state index contributed by atoms with van der Waals surface area (Å²) >= 11 is 0. The van der Waals surface area contributed by atoms with Crippen molar-refractivity contribution in [1.29, 1.82) is 0 Å². The lowest BCUT2D eigenvalue weighted by Crippen LogP contribution is -2.44. The molecule has 0 bridgehead atoms. The zero-order valence-electron chi connectivity index (χ0n) is 13.9. The lowest BCUT2D eigenvalue weighted by molar-refractivity contribution is -0.140. The molecule has 0 saturated carbocycles. The quantitative estimate of drug-likeness (QED) is 0.884. The van der Waals surface area contributed by atoms with Crippen LogP contribution in [0.2, 0.25) is 0 Å². The number of morpholine rings is 1. The Bertz CT molecular complexity index is 782. The second-order valence-electron chi connectivity index (χ2n) is 5.90. The highest BCUT2D eigenvalue weighted by atomic mass is 16.5. The van der Waals surface area contributed by atoms with E-state index in [0.29, 0.717) is 44.2 Å². The third-order valence-electron chi connectivity index (χ3n) is 4.00. The molecule has 1 atom stereocenters. The van der Waals surface area contributed by atoms with Crippen LogP contribution >= 0.6 is 0 Å². The Morgan fingerprint density at radius 3 is 3.00 bits per heavy atom. The van der Waals surface area contributed by atoms with Crippen molar-refractivity contribution in [3.05, 3.63) is 45.9 Å². The molecule has 1 N–H and O–H groups in total. The van der Waals surface area contributed by atoms with E-state index >= 15 is 0 Å². The molecular weight excluding hydrogens is 310 g/mol. The van der Waals surface area contributed by atoms with Crippen molar-refractivity contribution in [2.45, 2.75) is 32.9 Å². The van der Waals surface area contributed by atoms with Crippen LogP contribution in [0, 0.1) is 13.8 Å². The number of hydrogen-bond donors (Lipinski definition) is 1. The van der Waals surface area contributed by atoms with Gasteiger partial charge in [0.2, 0.25) is 5.91 Å². The second kappa shape index (κ2) is 6.96. The summed E-state index contributed by atoms with van der Waals surface area (Å²) in [5.74, 6) is 0.540. The van der Waals surface area contributed by atoms with Crippen molar-refractivity contribution in [2.24, 2.45) is 0 Å². The smallest absolute Gasteiger partial charge is 0.251 e. The summed E-state index contributed by atoms with van der Waals surface area (Å²) in [6, 6.07) is 3.01. The van der Waals surface area contributed by atoms with Crippen molar-refractivity contribution in [2.75, 3.05) is 19.8 Å². The Kier molecular flexibility index (Phi) is 4.75. The summed E-state index contributed by atoms with van der Waals surface area (Å²) in [4.78, 5) is 33.1. The lowest BCUT2D eigenvalue weighted by Gasteiger charge is -2.35. The monoisotopic (exact) mass is 331 g/mol. The van der Waals surface area contributed by atoms with E-state index in [1.165, 1.54) is 6.07 Å². The first kappa shape index (κ1) is 16.4. The standard InChI is InChI=1S/C16H21N5O3/c1-11-3-5-20(19-11)6-4-16(23)21-7-8-24-10-14(21)13-9-15(22)18-12(2)17-13/h3,5,9,14H,4,6-8,10H2,1-2H3,(H,17,18,22)/t14-/m1/s1. The molecular formula is C16H21N5O3. The largest absolute Gasteiger partial charge is 0.377 e. The first-order valence-corrected chi connectivity index (χ1v) is 7.98. The lowest BCUT2D eigenvalue weighted by atomic mass is 10.1. The van der Waals surface area contributed by atoms with Gasteiger partial charge in [0.1, 0.15) is 5.82 Å². The predicted molar refractivity (Wildman–Crippen MR) is 86.4 cm³/mol. The summed E-state index contributed by atoms with van der Waals surface area (Å²) < 4.78 is 7.26. The average Bonchev–Trinajstić information content (AvgIpc) is 2.97. The van der Waals surface area contributed by atoms with E-state index in [9.17, 15) is 9.59 Å². The minimum atomic E-state index is -0.327. The molecule has 1 aliphatic heterocycles. The van der Waals surface area contributed by atoms with Crippen LogP contribution in [0.1, 0.15) is 29.7 Å². The summed E-state index contributed by atoms with van der Waals surface area (Å²) in [5, 5.41) is 4.29. The van der Waals surface area contributed by atoms with E-state index in [0.717, 1.165) is 5.69 Å². The van der Waals surface area contributed by atoms with E-state index in [1.54, 1.807) is 16.5 Å². The topological polar surface area (TPSA) is 93.1 Å². The molecule has 1 aliphatic rings. The van der Waals surface area contributed by atoms with E-state index in [2.05, 4.69) is 15.1 Å². The number of rotatable bonds is 4. The minimum absolute atomic E-state index is 0.0104. The highest BCUT2D eigenvalue weighted by Gasteiger charge is 2.29. The Morgan fingerprint density at radius 2 is 2.29 bits per heavy atom. The first-order valence-electron chi connectivity index (χ1n) is 7.98. The number of aromatic nitrogens is 4. The van der Waals surface area contributed by atoms with Gasteiger partial charge >= 0.3 is 0 Å². The fraction of sp³-hybridized carbons (Fsp3) is 0.500. The van der Waals surface area contributed by atoms with Crippen molar-refractivity contribution in [3.8, 4) is 0 Å². The van der Waals surface area contributed by atoms with Gasteiger partial charge in [-0.25, -0.2) is 4.98 Å². The van der Waals surface area contributed by atoms with Gasteiger partial charge < -0.3 is 14.6 Å². The van der Waals surface area contributed by atoms with Gasteiger partial charge in [0.15, 0.2) is 0 Å². The normalized spacial score (nSPS) is 17.9. The molecule has 2 aromatic rings.